The molecule has 1 aromatic rings. The monoisotopic (exact) mass is 353 g/mol. The maximum atomic E-state index is 9.99. The Morgan fingerprint density at radius 1 is 1.26 bits per heavy atom. The molecule has 0 saturated heterocycles. The molecule has 4 nitrogen and oxygen atoms in total. The van der Waals surface area contributed by atoms with Crippen LogP contribution < -0.4 is 15.2 Å². The highest BCUT2D eigenvalue weighted by Gasteiger charge is 2.21. The lowest BCUT2D eigenvalue weighted by atomic mass is 9.98. The highest BCUT2D eigenvalue weighted by atomic mass is 79.9. The number of aliphatic hydroxyl groups is 1. The Kier molecular flexibility index (Phi) is 8.41. The van der Waals surface area contributed by atoms with Crippen molar-refractivity contribution in [2.45, 2.75) is 31.9 Å². The van der Waals surface area contributed by atoms with Crippen LogP contribution in [0.2, 0.25) is 0 Å². The van der Waals surface area contributed by atoms with E-state index in [-0.39, 0.29) is 12.4 Å². The van der Waals surface area contributed by atoms with Crippen molar-refractivity contribution in [3.63, 3.8) is 0 Å². The Balaban J connectivity index is 0.00000324. The third kappa shape index (κ3) is 4.53. The minimum absolute atomic E-state index is 0. The molecule has 1 rings (SSSR count). The third-order valence-corrected chi connectivity index (χ3v) is 3.48. The lowest BCUT2D eigenvalue weighted by Crippen LogP contribution is -2.26. The summed E-state index contributed by atoms with van der Waals surface area (Å²) in [6, 6.07) is 3.11. The third-order valence-electron chi connectivity index (χ3n) is 2.86. The Bertz CT molecular complexity index is 404. The van der Waals surface area contributed by atoms with Crippen molar-refractivity contribution < 1.29 is 14.6 Å². The molecule has 0 radical (unpaired) electrons. The van der Waals surface area contributed by atoms with Gasteiger partial charge in [-0.3, -0.25) is 0 Å². The first kappa shape index (κ1) is 18.5. The molecule has 0 amide bonds. The van der Waals surface area contributed by atoms with Gasteiger partial charge in [-0.1, -0.05) is 13.3 Å². The molecular formula is C13H21BrClNO3. The zero-order valence-electron chi connectivity index (χ0n) is 11.4. The van der Waals surface area contributed by atoms with Gasteiger partial charge in [-0.05, 0) is 34.5 Å². The summed E-state index contributed by atoms with van der Waals surface area (Å²) in [6.45, 7) is 2.01. The number of aliphatic hydroxyl groups excluding tert-OH is 1. The number of rotatable bonds is 6. The molecule has 19 heavy (non-hydrogen) atoms. The minimum atomic E-state index is -0.588. The van der Waals surface area contributed by atoms with E-state index in [9.17, 15) is 5.11 Å². The predicted octanol–water partition coefficient (Wildman–Crippen LogP) is 3.05. The van der Waals surface area contributed by atoms with Gasteiger partial charge >= 0.3 is 0 Å². The van der Waals surface area contributed by atoms with Gasteiger partial charge in [0.2, 0.25) is 0 Å². The molecule has 0 fully saturated rings. The summed E-state index contributed by atoms with van der Waals surface area (Å²) in [6.07, 6.45) is 0.947. The molecular weight excluding hydrogens is 334 g/mol. The summed E-state index contributed by atoms with van der Waals surface area (Å²) in [5, 5.41) is 9.99. The van der Waals surface area contributed by atoms with Crippen LogP contribution in [-0.4, -0.2) is 25.4 Å². The van der Waals surface area contributed by atoms with E-state index in [4.69, 9.17) is 15.2 Å². The van der Waals surface area contributed by atoms with Gasteiger partial charge in [-0.25, -0.2) is 0 Å². The summed E-state index contributed by atoms with van der Waals surface area (Å²) in [4.78, 5) is 0. The van der Waals surface area contributed by atoms with E-state index < -0.39 is 12.1 Å². The molecule has 0 saturated carbocycles. The van der Waals surface area contributed by atoms with Crippen LogP contribution in [0.4, 0.5) is 0 Å². The van der Waals surface area contributed by atoms with Crippen LogP contribution in [0.3, 0.4) is 0 Å². The van der Waals surface area contributed by atoms with Gasteiger partial charge in [0, 0.05) is 5.56 Å². The van der Waals surface area contributed by atoms with Crippen molar-refractivity contribution in [1.29, 1.82) is 0 Å². The van der Waals surface area contributed by atoms with Gasteiger partial charge < -0.3 is 20.3 Å². The summed E-state index contributed by atoms with van der Waals surface area (Å²) in [5.41, 5.74) is 6.82. The fraction of sp³-hybridized carbons (Fsp3) is 0.538. The van der Waals surface area contributed by atoms with Gasteiger partial charge in [-0.2, -0.15) is 0 Å². The van der Waals surface area contributed by atoms with E-state index >= 15 is 0 Å². The van der Waals surface area contributed by atoms with E-state index in [0.29, 0.717) is 17.9 Å². The molecule has 6 heteroatoms. The molecule has 0 bridgehead atoms. The molecule has 0 unspecified atom stereocenters. The highest BCUT2D eigenvalue weighted by Crippen LogP contribution is 2.36. The molecule has 110 valence electrons. The van der Waals surface area contributed by atoms with Crippen molar-refractivity contribution in [2.75, 3.05) is 14.2 Å². The minimum Gasteiger partial charge on any atom is -0.496 e. The topological polar surface area (TPSA) is 64.7 Å². The maximum Gasteiger partial charge on any atom is 0.133 e. The second kappa shape index (κ2) is 8.64. The Labute approximate surface area is 128 Å². The normalized spacial score (nSPS) is 13.4. The molecule has 0 heterocycles. The van der Waals surface area contributed by atoms with Crippen molar-refractivity contribution in [1.82, 2.24) is 0 Å². The number of ether oxygens (including phenoxy) is 2. The molecule has 3 N–H and O–H groups in total. The Morgan fingerprint density at radius 2 is 1.84 bits per heavy atom. The average Bonchev–Trinajstić information content (AvgIpc) is 2.37. The van der Waals surface area contributed by atoms with Crippen LogP contribution in [0.15, 0.2) is 16.6 Å². The lowest BCUT2D eigenvalue weighted by Gasteiger charge is -2.22. The van der Waals surface area contributed by atoms with E-state index in [1.54, 1.807) is 26.4 Å². The fourth-order valence-corrected chi connectivity index (χ4v) is 2.31. The number of halogens is 2. The van der Waals surface area contributed by atoms with E-state index in [0.717, 1.165) is 16.5 Å². The summed E-state index contributed by atoms with van der Waals surface area (Å²) >= 11 is 3.39. The molecule has 0 aliphatic heterocycles. The molecule has 2 atom stereocenters. The molecule has 1 aromatic carbocycles. The van der Waals surface area contributed by atoms with Crippen LogP contribution in [0.5, 0.6) is 11.5 Å². The largest absolute Gasteiger partial charge is 0.496 e. The standard InChI is InChI=1S/C13H20BrNO3.ClH/c1-4-5-10(16)13(15)8-6-12(18-3)9(14)7-11(8)17-2;/h6-7,10,13,16H,4-5,15H2,1-3H3;1H/t10-,13+;/m1./s1. The second-order valence-electron chi connectivity index (χ2n) is 4.11. The van der Waals surface area contributed by atoms with Crippen LogP contribution in [0.1, 0.15) is 31.4 Å². The number of nitrogens with two attached hydrogens (primary N) is 1. The number of methoxy groups -OCH3 is 2. The molecule has 0 spiro atoms. The van der Waals surface area contributed by atoms with Crippen LogP contribution in [0.25, 0.3) is 0 Å². The summed E-state index contributed by atoms with van der Waals surface area (Å²) in [5.74, 6) is 1.32. The van der Waals surface area contributed by atoms with Gasteiger partial charge in [-0.15, -0.1) is 12.4 Å². The quantitative estimate of drug-likeness (QED) is 0.824. The predicted molar refractivity (Wildman–Crippen MR) is 82.3 cm³/mol. The van der Waals surface area contributed by atoms with Crippen LogP contribution in [0, 0.1) is 0 Å². The van der Waals surface area contributed by atoms with Gasteiger partial charge in [0.05, 0.1) is 30.8 Å². The lowest BCUT2D eigenvalue weighted by molar-refractivity contribution is 0.133. The Morgan fingerprint density at radius 3 is 2.32 bits per heavy atom. The van der Waals surface area contributed by atoms with E-state index in [2.05, 4.69) is 15.9 Å². The fourth-order valence-electron chi connectivity index (χ4n) is 1.83. The molecule has 0 aromatic heterocycles. The van der Waals surface area contributed by atoms with Crippen LogP contribution >= 0.6 is 28.3 Å². The summed E-state index contributed by atoms with van der Waals surface area (Å²) < 4.78 is 11.3. The van der Waals surface area contributed by atoms with Gasteiger partial charge in [0.15, 0.2) is 0 Å². The van der Waals surface area contributed by atoms with Crippen molar-refractivity contribution in [2.24, 2.45) is 5.73 Å². The maximum absolute atomic E-state index is 9.99. The van der Waals surface area contributed by atoms with Crippen LogP contribution in [-0.2, 0) is 0 Å². The SMILES string of the molecule is CCC[C@@H](O)[C@@H](N)c1cc(OC)c(Br)cc1OC.Cl. The Hall–Kier alpha value is -0.490. The van der Waals surface area contributed by atoms with Gasteiger partial charge in [0.1, 0.15) is 11.5 Å². The number of hydrogen-bond donors (Lipinski definition) is 2. The first-order valence-corrected chi connectivity index (χ1v) is 6.69. The summed E-state index contributed by atoms with van der Waals surface area (Å²) in [7, 11) is 3.17. The zero-order valence-corrected chi connectivity index (χ0v) is 13.8. The van der Waals surface area contributed by atoms with E-state index in [1.165, 1.54) is 0 Å². The highest BCUT2D eigenvalue weighted by molar-refractivity contribution is 9.10. The first-order valence-electron chi connectivity index (χ1n) is 5.90. The van der Waals surface area contributed by atoms with Crippen molar-refractivity contribution >= 4 is 28.3 Å². The number of benzene rings is 1. The average molecular weight is 355 g/mol. The smallest absolute Gasteiger partial charge is 0.133 e. The second-order valence-corrected chi connectivity index (χ2v) is 4.96. The van der Waals surface area contributed by atoms with Crippen molar-refractivity contribution in [3.8, 4) is 11.5 Å². The molecule has 0 aliphatic rings. The molecule has 0 aliphatic carbocycles. The van der Waals surface area contributed by atoms with Crippen molar-refractivity contribution in [3.05, 3.63) is 22.2 Å². The first-order chi connectivity index (χ1) is 8.54. The zero-order chi connectivity index (χ0) is 13.7. The van der Waals surface area contributed by atoms with Gasteiger partial charge in [0.25, 0.3) is 0 Å². The van der Waals surface area contributed by atoms with E-state index in [1.807, 2.05) is 6.92 Å². The number of hydrogen-bond acceptors (Lipinski definition) is 4.